The molecule has 1 aliphatic rings. The molecule has 1 fully saturated rings. The summed E-state index contributed by atoms with van der Waals surface area (Å²) >= 11 is 5.20. The monoisotopic (exact) mass is 1300 g/mol. The number of benzene rings is 4. The Kier molecular flexibility index (Phi) is 28.3. The molecule has 0 spiro atoms. The second-order valence-electron chi connectivity index (χ2n) is 19.8. The number of primary amides is 1. The van der Waals surface area contributed by atoms with Gasteiger partial charge in [-0.1, -0.05) is 0 Å². The molecule has 0 bridgehead atoms. The number of thioether (sulfide) groups is 4. The fourth-order valence-corrected chi connectivity index (χ4v) is 11.2. The fraction of sp³-hybridized carbons (Fsp3) is 0.375. The summed E-state index contributed by atoms with van der Waals surface area (Å²) in [5, 5.41) is 18.8. The number of hydrogen-bond acceptors (Lipinski definition) is 18. The van der Waals surface area contributed by atoms with Gasteiger partial charge in [0.25, 0.3) is 17.7 Å². The molecule has 1 saturated heterocycles. The summed E-state index contributed by atoms with van der Waals surface area (Å²) in [7, 11) is 0. The molecule has 5 rings (SSSR count). The Hall–Kier alpha value is -8.63. The van der Waals surface area contributed by atoms with E-state index in [1.807, 2.05) is 0 Å². The van der Waals surface area contributed by atoms with Gasteiger partial charge in [0.1, 0.15) is 12.1 Å². The molecule has 4 aromatic rings. The molecule has 480 valence electrons. The van der Waals surface area contributed by atoms with E-state index in [-0.39, 0.29) is 96.4 Å². The van der Waals surface area contributed by atoms with Gasteiger partial charge < -0.3 is 89.2 Å². The standard InChI is InChI=1S/C56H79N21O8S4/c1-86-41-17-13-29(25-33(41)45(58)78)72-50(83)39(11-7-23-69-55(63)64)75-48(81)36-28-32(16-20-44(36)89-4)77-52(85-77)40(12-8-24-70-56(65)66)76-47(80)35-27-31(15-19-43(35)88-3)73-51(84)38(10-6-22-68-54(61)62)74-46(79)34-26-30(14-18-42(34)87-2)71-49(82)37(57)9-5-21-67-53(59)60/h13-20,25-28,37-40,52H,5-12,21-24,57H2,1-4H3,(H2,58,78)(H,71,82)(H,72,83)(H,73,84)(H,74,79)(H,75,81)(H,76,80)(H4,59,60,67)(H4,61,62,68)(H4,63,64,69)(H4,65,66,70)/t37-,38-,39-,40-,52?,77?/m0/s1. The summed E-state index contributed by atoms with van der Waals surface area (Å²) in [6, 6.07) is 15.6. The van der Waals surface area contributed by atoms with E-state index in [0.717, 1.165) is 0 Å². The van der Waals surface area contributed by atoms with Gasteiger partial charge in [-0.15, -0.1) is 47.0 Å². The molecule has 89 heavy (non-hydrogen) atoms. The van der Waals surface area contributed by atoms with Crippen LogP contribution in [0.3, 0.4) is 0 Å². The Morgan fingerprint density at radius 1 is 0.461 bits per heavy atom. The van der Waals surface area contributed by atoms with Crippen molar-refractivity contribution >= 4 is 135 Å². The van der Waals surface area contributed by atoms with Crippen LogP contribution in [0.2, 0.25) is 0 Å². The highest BCUT2D eigenvalue weighted by Gasteiger charge is 2.45. The largest absolute Gasteiger partial charge is 0.370 e. The highest BCUT2D eigenvalue weighted by atomic mass is 32.2. The lowest BCUT2D eigenvalue weighted by Crippen LogP contribution is -2.44. The van der Waals surface area contributed by atoms with Crippen LogP contribution in [0.5, 0.6) is 0 Å². The van der Waals surface area contributed by atoms with Crippen molar-refractivity contribution in [3.05, 3.63) is 95.1 Å². The predicted molar refractivity (Wildman–Crippen MR) is 356 cm³/mol. The molecule has 7 amide bonds. The maximum Gasteiger partial charge on any atom is 0.253 e. The topological polar surface area (TPSA) is 517 Å². The normalized spacial score (nSPS) is 13.6. The molecule has 5 atom stereocenters. The number of amides is 7. The van der Waals surface area contributed by atoms with E-state index < -0.39 is 71.7 Å². The summed E-state index contributed by atoms with van der Waals surface area (Å²) in [5.41, 5.74) is 58.2. The number of hydroxylamine groups is 1. The zero-order chi connectivity index (χ0) is 65.3. The van der Waals surface area contributed by atoms with Crippen molar-refractivity contribution in [3.63, 3.8) is 0 Å². The number of nitrogens with two attached hydrogens (primary N) is 10. The SMILES string of the molecule is CSc1ccc(NC(=O)[C@H](CCCN=C(N)N)NC(=O)c2cc(N3OC3[C@H](CCCN=C(N)N)NC(=O)c3cc(NC(=O)[C@H](CCCN=C(N)N)NC(=O)c4cc(NC(=O)[C@@H](N)CCCN=C(N)N)ccc4SC)ccc3SC)ccc2SC)cc1C(N)=O. The lowest BCUT2D eigenvalue weighted by atomic mass is 10.1. The molecule has 4 aromatic carbocycles. The second kappa shape index (κ2) is 35.4. The number of carbonyl (C=O) groups excluding carboxylic acids is 7. The first-order valence-corrected chi connectivity index (χ1v) is 32.7. The van der Waals surface area contributed by atoms with E-state index in [1.54, 1.807) is 84.7 Å². The lowest BCUT2D eigenvalue weighted by molar-refractivity contribution is -0.118. The minimum Gasteiger partial charge on any atom is -0.370 e. The van der Waals surface area contributed by atoms with Gasteiger partial charge in [-0.2, -0.15) is 0 Å². The molecular formula is C56H79N21O8S4. The van der Waals surface area contributed by atoms with Gasteiger partial charge in [-0.3, -0.25) is 53.5 Å². The minimum atomic E-state index is -1.15. The first kappa shape index (κ1) is 71.1. The number of anilines is 4. The van der Waals surface area contributed by atoms with Crippen molar-refractivity contribution in [2.24, 2.45) is 77.3 Å². The fourth-order valence-electron chi connectivity index (χ4n) is 8.86. The van der Waals surface area contributed by atoms with Crippen LogP contribution in [0.15, 0.2) is 112 Å². The Labute approximate surface area is 532 Å². The van der Waals surface area contributed by atoms with E-state index in [0.29, 0.717) is 69.6 Å². The third kappa shape index (κ3) is 22.5. The number of aliphatic imine (C=N–C) groups is 4. The lowest BCUT2D eigenvalue weighted by Gasteiger charge is -2.21. The van der Waals surface area contributed by atoms with Gasteiger partial charge in [0.15, 0.2) is 23.8 Å². The minimum absolute atomic E-state index is 0.0708. The molecule has 26 N–H and O–H groups in total. The summed E-state index contributed by atoms with van der Waals surface area (Å²) in [6.45, 7) is 0.845. The zero-order valence-corrected chi connectivity index (χ0v) is 53.0. The van der Waals surface area contributed by atoms with Crippen molar-refractivity contribution in [3.8, 4) is 0 Å². The second-order valence-corrected chi connectivity index (χ2v) is 23.2. The molecule has 0 radical (unpaired) electrons. The van der Waals surface area contributed by atoms with Crippen LogP contribution < -0.4 is 94.3 Å². The number of nitrogens with one attached hydrogen (secondary N) is 6. The van der Waals surface area contributed by atoms with Crippen molar-refractivity contribution in [1.82, 2.24) is 16.0 Å². The van der Waals surface area contributed by atoms with Crippen molar-refractivity contribution in [1.29, 1.82) is 0 Å². The highest BCUT2D eigenvalue weighted by molar-refractivity contribution is 7.99. The van der Waals surface area contributed by atoms with E-state index in [9.17, 15) is 33.6 Å². The van der Waals surface area contributed by atoms with Crippen LogP contribution >= 0.6 is 47.0 Å². The van der Waals surface area contributed by atoms with Gasteiger partial charge in [-0.25, -0.2) is 9.90 Å². The van der Waals surface area contributed by atoms with E-state index in [2.05, 4.69) is 51.9 Å². The number of rotatable bonds is 35. The Morgan fingerprint density at radius 3 is 1.21 bits per heavy atom. The van der Waals surface area contributed by atoms with Crippen LogP contribution in [0.1, 0.15) is 92.8 Å². The first-order chi connectivity index (χ1) is 42.5. The maximum atomic E-state index is 14.6. The number of nitrogens with zero attached hydrogens (tertiary/aromatic N) is 5. The Morgan fingerprint density at radius 2 is 0.809 bits per heavy atom. The molecule has 29 nitrogen and oxygen atoms in total. The molecule has 1 aliphatic heterocycles. The Bertz CT molecular complexity index is 3300. The summed E-state index contributed by atoms with van der Waals surface area (Å²) in [6.07, 6.45) is 8.66. The van der Waals surface area contributed by atoms with Gasteiger partial charge >= 0.3 is 0 Å². The predicted octanol–water partition coefficient (Wildman–Crippen LogP) is 1.50. The van der Waals surface area contributed by atoms with Crippen molar-refractivity contribution in [2.75, 3.05) is 72.2 Å². The van der Waals surface area contributed by atoms with E-state index in [4.69, 9.17) is 62.2 Å². The van der Waals surface area contributed by atoms with Crippen LogP contribution in [0.25, 0.3) is 0 Å². The Balaban J connectivity index is 1.37. The molecule has 1 heterocycles. The molecule has 1 unspecified atom stereocenters. The van der Waals surface area contributed by atoms with Crippen LogP contribution in [-0.2, 0) is 19.2 Å². The highest BCUT2D eigenvalue weighted by Crippen LogP contribution is 2.37. The van der Waals surface area contributed by atoms with Crippen LogP contribution in [0, 0.1) is 0 Å². The summed E-state index contributed by atoms with van der Waals surface area (Å²) in [4.78, 5) is 121. The average Bonchev–Trinajstić information content (AvgIpc) is 1.67. The number of guanidine groups is 4. The number of hydrogen-bond donors (Lipinski definition) is 16. The molecular weight excluding hydrogens is 1220 g/mol. The third-order valence-corrected chi connectivity index (χ3v) is 16.5. The molecule has 33 heteroatoms. The van der Waals surface area contributed by atoms with Gasteiger partial charge in [0.05, 0.1) is 40.0 Å². The van der Waals surface area contributed by atoms with Crippen LogP contribution in [0.4, 0.5) is 22.7 Å². The quantitative estimate of drug-likeness (QED) is 0.0102. The first-order valence-electron chi connectivity index (χ1n) is 27.8. The maximum absolute atomic E-state index is 14.6. The van der Waals surface area contributed by atoms with Gasteiger partial charge in [-0.05, 0) is 149 Å². The van der Waals surface area contributed by atoms with Crippen molar-refractivity contribution < 1.29 is 38.4 Å². The van der Waals surface area contributed by atoms with E-state index >= 15 is 0 Å². The summed E-state index contributed by atoms with van der Waals surface area (Å²) < 4.78 is 0. The smallest absolute Gasteiger partial charge is 0.253 e. The molecule has 0 aliphatic carbocycles. The molecule has 0 saturated carbocycles. The number of carbonyl (C=O) groups is 7. The summed E-state index contributed by atoms with van der Waals surface area (Å²) in [5.74, 6) is -4.54. The van der Waals surface area contributed by atoms with Crippen LogP contribution in [-0.4, -0.2) is 147 Å². The average molecular weight is 1300 g/mol. The molecule has 0 aromatic heterocycles. The third-order valence-electron chi connectivity index (χ3n) is 13.3. The van der Waals surface area contributed by atoms with E-state index in [1.165, 1.54) is 65.2 Å². The van der Waals surface area contributed by atoms with Gasteiger partial charge in [0, 0.05) is 62.8 Å². The van der Waals surface area contributed by atoms with Crippen molar-refractivity contribution in [2.45, 2.75) is 101 Å². The zero-order valence-electron chi connectivity index (χ0n) is 49.7. The van der Waals surface area contributed by atoms with Gasteiger partial charge in [0.2, 0.25) is 29.9 Å².